The third-order valence-electron chi connectivity index (χ3n) is 3.82. The minimum Gasteiger partial charge on any atom is -0.392 e. The molecule has 1 aromatic carbocycles. The number of nitrogens with one attached hydrogen (secondary N) is 1. The average molecular weight is 233 g/mol. The first-order valence-electron chi connectivity index (χ1n) is 6.77. The molecule has 1 fully saturated rings. The van der Waals surface area contributed by atoms with Crippen LogP contribution in [0, 0.1) is 5.92 Å². The van der Waals surface area contributed by atoms with Crippen LogP contribution >= 0.6 is 0 Å². The molecule has 2 rings (SSSR count). The van der Waals surface area contributed by atoms with Crippen LogP contribution in [0.4, 0.5) is 0 Å². The van der Waals surface area contributed by atoms with Gasteiger partial charge in [-0.05, 0) is 30.7 Å². The third-order valence-corrected chi connectivity index (χ3v) is 3.82. The monoisotopic (exact) mass is 233 g/mol. The summed E-state index contributed by atoms with van der Waals surface area (Å²) in [6.45, 7) is 2.72. The molecule has 2 nitrogen and oxygen atoms in total. The molecule has 1 unspecified atom stereocenters. The Hall–Kier alpha value is -0.860. The summed E-state index contributed by atoms with van der Waals surface area (Å²) in [4.78, 5) is 0. The number of aliphatic hydroxyl groups is 1. The molecule has 0 aromatic heterocycles. The number of aliphatic hydroxyl groups excluding tert-OH is 1. The summed E-state index contributed by atoms with van der Waals surface area (Å²) >= 11 is 0. The van der Waals surface area contributed by atoms with Gasteiger partial charge in [0.1, 0.15) is 0 Å². The molecule has 0 amide bonds. The summed E-state index contributed by atoms with van der Waals surface area (Å²) in [5.41, 5.74) is 1.36. The van der Waals surface area contributed by atoms with Crippen LogP contribution in [-0.4, -0.2) is 17.8 Å². The minimum absolute atomic E-state index is 0.221. The van der Waals surface area contributed by atoms with Crippen molar-refractivity contribution in [3.05, 3.63) is 35.9 Å². The summed E-state index contributed by atoms with van der Waals surface area (Å²) in [7, 11) is 0. The van der Waals surface area contributed by atoms with E-state index in [2.05, 4.69) is 35.6 Å². The zero-order valence-corrected chi connectivity index (χ0v) is 10.6. The Morgan fingerprint density at radius 3 is 2.53 bits per heavy atom. The summed E-state index contributed by atoms with van der Waals surface area (Å²) in [5.74, 6) is 0.751. The smallest absolute Gasteiger partial charge is 0.0662 e. The van der Waals surface area contributed by atoms with E-state index >= 15 is 0 Å². The van der Waals surface area contributed by atoms with Crippen molar-refractivity contribution in [3.63, 3.8) is 0 Å². The zero-order valence-electron chi connectivity index (χ0n) is 10.6. The molecule has 0 spiro atoms. The van der Waals surface area contributed by atoms with Crippen LogP contribution in [0.3, 0.4) is 0 Å². The summed E-state index contributed by atoms with van der Waals surface area (Å²) in [5, 5.41) is 13.2. The second kappa shape index (κ2) is 6.18. The van der Waals surface area contributed by atoms with E-state index in [4.69, 9.17) is 0 Å². The lowest BCUT2D eigenvalue weighted by Crippen LogP contribution is -2.36. The molecule has 2 heteroatoms. The van der Waals surface area contributed by atoms with Crippen LogP contribution in [0.5, 0.6) is 0 Å². The second-order valence-electron chi connectivity index (χ2n) is 5.05. The first-order valence-corrected chi connectivity index (χ1v) is 6.77. The summed E-state index contributed by atoms with van der Waals surface area (Å²) < 4.78 is 0. The Morgan fingerprint density at radius 2 is 2.00 bits per heavy atom. The number of hydrogen-bond donors (Lipinski definition) is 2. The maximum atomic E-state index is 9.66. The zero-order chi connectivity index (χ0) is 12.1. The Balaban J connectivity index is 1.98. The van der Waals surface area contributed by atoms with Crippen LogP contribution in [0.15, 0.2) is 30.3 Å². The third kappa shape index (κ3) is 3.30. The highest BCUT2D eigenvalue weighted by Crippen LogP contribution is 2.37. The van der Waals surface area contributed by atoms with Gasteiger partial charge in [-0.3, -0.25) is 0 Å². The van der Waals surface area contributed by atoms with Gasteiger partial charge in [0, 0.05) is 12.6 Å². The second-order valence-corrected chi connectivity index (χ2v) is 5.05. The van der Waals surface area contributed by atoms with Gasteiger partial charge in [-0.25, -0.2) is 0 Å². The van der Waals surface area contributed by atoms with Gasteiger partial charge in [-0.2, -0.15) is 0 Å². The molecule has 94 valence electrons. The quantitative estimate of drug-likeness (QED) is 0.792. The van der Waals surface area contributed by atoms with Gasteiger partial charge < -0.3 is 10.4 Å². The number of rotatable bonds is 6. The Labute approximate surface area is 104 Å². The molecular weight excluding hydrogens is 210 g/mol. The minimum atomic E-state index is -0.221. The standard InChI is InChI=1S/C15H23NO/c1-2-14(17)11-16-15(13-9-6-10-13)12-7-4-3-5-8-12/h3-5,7-8,13-17H,2,6,9-11H2,1H3/t14-,15?/m1/s1. The van der Waals surface area contributed by atoms with Crippen molar-refractivity contribution in [3.8, 4) is 0 Å². The van der Waals surface area contributed by atoms with Crippen molar-refractivity contribution >= 4 is 0 Å². The number of benzene rings is 1. The number of hydrogen-bond acceptors (Lipinski definition) is 2. The lowest BCUT2D eigenvalue weighted by molar-refractivity contribution is 0.146. The molecule has 1 aliphatic carbocycles. The molecule has 1 aliphatic rings. The molecule has 0 saturated heterocycles. The van der Waals surface area contributed by atoms with E-state index in [1.54, 1.807) is 0 Å². The Kier molecular flexibility index (Phi) is 4.57. The highest BCUT2D eigenvalue weighted by atomic mass is 16.3. The van der Waals surface area contributed by atoms with E-state index in [0.29, 0.717) is 12.6 Å². The van der Waals surface area contributed by atoms with E-state index in [1.807, 2.05) is 6.92 Å². The van der Waals surface area contributed by atoms with Gasteiger partial charge in [-0.1, -0.05) is 43.7 Å². The molecule has 1 aromatic rings. The lowest BCUT2D eigenvalue weighted by Gasteiger charge is -2.35. The van der Waals surface area contributed by atoms with Crippen molar-refractivity contribution in [2.45, 2.75) is 44.8 Å². The fourth-order valence-electron chi connectivity index (χ4n) is 2.40. The molecule has 2 N–H and O–H groups in total. The lowest BCUT2D eigenvalue weighted by atomic mass is 9.77. The summed E-state index contributed by atoms with van der Waals surface area (Å²) in [6, 6.07) is 11.1. The first-order chi connectivity index (χ1) is 8.31. The SMILES string of the molecule is CC[C@@H](O)CNC(c1ccccc1)C1CCC1. The van der Waals surface area contributed by atoms with Gasteiger partial charge in [0.15, 0.2) is 0 Å². The predicted molar refractivity (Wildman–Crippen MR) is 70.8 cm³/mol. The largest absolute Gasteiger partial charge is 0.392 e. The maximum absolute atomic E-state index is 9.66. The maximum Gasteiger partial charge on any atom is 0.0662 e. The van der Waals surface area contributed by atoms with Gasteiger partial charge in [-0.15, -0.1) is 0 Å². The van der Waals surface area contributed by atoms with Crippen molar-refractivity contribution < 1.29 is 5.11 Å². The molecular formula is C15H23NO. The van der Waals surface area contributed by atoms with E-state index in [1.165, 1.54) is 24.8 Å². The first kappa shape index (κ1) is 12.6. The van der Waals surface area contributed by atoms with Gasteiger partial charge in [0.25, 0.3) is 0 Å². The van der Waals surface area contributed by atoms with E-state index in [-0.39, 0.29) is 6.10 Å². The van der Waals surface area contributed by atoms with Crippen LogP contribution < -0.4 is 5.32 Å². The van der Waals surface area contributed by atoms with Gasteiger partial charge in [0.05, 0.1) is 6.10 Å². The fraction of sp³-hybridized carbons (Fsp3) is 0.600. The van der Waals surface area contributed by atoms with Crippen molar-refractivity contribution in [1.82, 2.24) is 5.32 Å². The van der Waals surface area contributed by atoms with Crippen molar-refractivity contribution in [2.24, 2.45) is 5.92 Å². The van der Waals surface area contributed by atoms with Crippen molar-refractivity contribution in [2.75, 3.05) is 6.54 Å². The molecule has 0 aliphatic heterocycles. The molecule has 0 radical (unpaired) electrons. The normalized spacial score (nSPS) is 19.6. The Bertz CT molecular complexity index is 321. The summed E-state index contributed by atoms with van der Waals surface area (Å²) in [6.07, 6.45) is 4.58. The van der Waals surface area contributed by atoms with E-state index in [9.17, 15) is 5.11 Å². The predicted octanol–water partition coefficient (Wildman–Crippen LogP) is 2.89. The highest BCUT2D eigenvalue weighted by molar-refractivity contribution is 5.20. The molecule has 17 heavy (non-hydrogen) atoms. The van der Waals surface area contributed by atoms with Crippen LogP contribution in [0.25, 0.3) is 0 Å². The Morgan fingerprint density at radius 1 is 1.29 bits per heavy atom. The molecule has 0 bridgehead atoms. The van der Waals surface area contributed by atoms with Gasteiger partial charge >= 0.3 is 0 Å². The molecule has 2 atom stereocenters. The van der Waals surface area contributed by atoms with Crippen LogP contribution in [-0.2, 0) is 0 Å². The van der Waals surface area contributed by atoms with Crippen LogP contribution in [0.1, 0.15) is 44.2 Å². The molecule has 0 heterocycles. The topological polar surface area (TPSA) is 32.3 Å². The average Bonchev–Trinajstić information content (AvgIpc) is 2.32. The highest BCUT2D eigenvalue weighted by Gasteiger charge is 2.28. The van der Waals surface area contributed by atoms with Crippen molar-refractivity contribution in [1.29, 1.82) is 0 Å². The molecule has 1 saturated carbocycles. The van der Waals surface area contributed by atoms with Crippen LogP contribution in [0.2, 0.25) is 0 Å². The van der Waals surface area contributed by atoms with E-state index in [0.717, 1.165) is 12.3 Å². The van der Waals surface area contributed by atoms with Gasteiger partial charge in [0.2, 0.25) is 0 Å². The fourth-order valence-corrected chi connectivity index (χ4v) is 2.40. The van der Waals surface area contributed by atoms with E-state index < -0.39 is 0 Å².